The van der Waals surface area contributed by atoms with Gasteiger partial charge in [0.05, 0.1) is 11.7 Å². The van der Waals surface area contributed by atoms with Crippen LogP contribution in [0, 0.1) is 0 Å². The number of likely N-dealkylation sites (N-methyl/N-ethyl adjacent to an activating group) is 1. The molecule has 2 heterocycles. The first-order chi connectivity index (χ1) is 9.68. The van der Waals surface area contributed by atoms with Gasteiger partial charge < -0.3 is 5.73 Å². The molecule has 2 N–H and O–H groups in total. The highest BCUT2D eigenvalue weighted by Crippen LogP contribution is 2.20. The predicted octanol–water partition coefficient (Wildman–Crippen LogP) is 2.04. The molecule has 0 fully saturated rings. The van der Waals surface area contributed by atoms with E-state index in [0.717, 1.165) is 18.7 Å². The van der Waals surface area contributed by atoms with Crippen molar-refractivity contribution in [3.05, 3.63) is 60.2 Å². The molecule has 2 rings (SSSR count). The van der Waals surface area contributed by atoms with Gasteiger partial charge in [-0.25, -0.2) is 0 Å². The summed E-state index contributed by atoms with van der Waals surface area (Å²) in [6, 6.07) is 10.3. The van der Waals surface area contributed by atoms with E-state index >= 15 is 0 Å². The topological polar surface area (TPSA) is 55.0 Å². The fourth-order valence-electron chi connectivity index (χ4n) is 2.44. The summed E-state index contributed by atoms with van der Waals surface area (Å²) in [4.78, 5) is 10.8. The zero-order valence-electron chi connectivity index (χ0n) is 12.1. The molecule has 0 aromatic carbocycles. The number of aromatic nitrogens is 2. The molecule has 0 aliphatic carbocycles. The minimum absolute atomic E-state index is 0.0346. The maximum absolute atomic E-state index is 6.15. The van der Waals surface area contributed by atoms with E-state index in [1.54, 1.807) is 0 Å². The highest BCUT2D eigenvalue weighted by atomic mass is 15.2. The van der Waals surface area contributed by atoms with Crippen LogP contribution in [0.5, 0.6) is 0 Å². The van der Waals surface area contributed by atoms with Crippen LogP contribution in [0.25, 0.3) is 0 Å². The predicted molar refractivity (Wildman–Crippen MR) is 81.2 cm³/mol. The maximum atomic E-state index is 6.15. The quantitative estimate of drug-likeness (QED) is 0.872. The largest absolute Gasteiger partial charge is 0.326 e. The molecule has 0 saturated carbocycles. The highest BCUT2D eigenvalue weighted by Gasteiger charge is 2.21. The van der Waals surface area contributed by atoms with E-state index in [0.29, 0.717) is 0 Å². The molecule has 20 heavy (non-hydrogen) atoms. The van der Waals surface area contributed by atoms with E-state index in [1.807, 2.05) is 43.7 Å². The van der Waals surface area contributed by atoms with Gasteiger partial charge in [0.15, 0.2) is 0 Å². The van der Waals surface area contributed by atoms with Crippen molar-refractivity contribution in [2.45, 2.75) is 25.4 Å². The Bertz CT molecular complexity index is 498. The van der Waals surface area contributed by atoms with Crippen LogP contribution in [0.15, 0.2) is 48.9 Å². The third-order valence-corrected chi connectivity index (χ3v) is 3.47. The maximum Gasteiger partial charge on any atom is 0.0668 e. The Labute approximate surface area is 120 Å². The fourth-order valence-corrected chi connectivity index (χ4v) is 2.44. The molecular weight excluding hydrogens is 248 g/mol. The Morgan fingerprint density at radius 2 is 1.90 bits per heavy atom. The van der Waals surface area contributed by atoms with E-state index in [-0.39, 0.29) is 12.1 Å². The van der Waals surface area contributed by atoms with E-state index in [9.17, 15) is 0 Å². The highest BCUT2D eigenvalue weighted by molar-refractivity contribution is 5.13. The van der Waals surface area contributed by atoms with Crippen molar-refractivity contribution in [2.75, 3.05) is 13.6 Å². The molecule has 0 saturated heterocycles. The third-order valence-electron chi connectivity index (χ3n) is 3.47. The van der Waals surface area contributed by atoms with Crippen LogP contribution in [-0.2, 0) is 6.42 Å². The Morgan fingerprint density at radius 1 is 1.15 bits per heavy atom. The molecule has 0 amide bonds. The minimum Gasteiger partial charge on any atom is -0.326 e. The van der Waals surface area contributed by atoms with Crippen molar-refractivity contribution >= 4 is 0 Å². The first-order valence-corrected chi connectivity index (χ1v) is 6.94. The molecule has 0 aliphatic rings. The lowest BCUT2D eigenvalue weighted by atomic mass is 10.0. The lowest BCUT2D eigenvalue weighted by molar-refractivity contribution is 0.217. The lowest BCUT2D eigenvalue weighted by Crippen LogP contribution is -2.38. The van der Waals surface area contributed by atoms with Gasteiger partial charge in [-0.15, -0.1) is 0 Å². The number of nitrogens with two attached hydrogens (primary N) is 1. The second-order valence-electron chi connectivity index (χ2n) is 5.14. The summed E-state index contributed by atoms with van der Waals surface area (Å²) in [5, 5.41) is 0. The molecule has 106 valence electrons. The SMILES string of the molecule is CC(N)C(c1ccccn1)N(C)CCc1ccncc1. The Kier molecular flexibility index (Phi) is 5.21. The molecule has 2 aromatic heterocycles. The Hall–Kier alpha value is -1.78. The molecule has 0 aliphatic heterocycles. The van der Waals surface area contributed by atoms with Crippen LogP contribution in [0.3, 0.4) is 0 Å². The van der Waals surface area contributed by atoms with Gasteiger partial charge in [-0.2, -0.15) is 0 Å². The molecular formula is C16H22N4. The number of hydrogen-bond donors (Lipinski definition) is 1. The van der Waals surface area contributed by atoms with Gasteiger partial charge in [-0.3, -0.25) is 14.9 Å². The van der Waals surface area contributed by atoms with Crippen molar-refractivity contribution in [1.82, 2.24) is 14.9 Å². The number of pyridine rings is 2. The second-order valence-corrected chi connectivity index (χ2v) is 5.14. The minimum atomic E-state index is 0.0346. The number of hydrogen-bond acceptors (Lipinski definition) is 4. The van der Waals surface area contributed by atoms with Gasteiger partial charge >= 0.3 is 0 Å². The van der Waals surface area contributed by atoms with E-state index in [1.165, 1.54) is 5.56 Å². The van der Waals surface area contributed by atoms with Crippen molar-refractivity contribution < 1.29 is 0 Å². The van der Waals surface area contributed by atoms with Gasteiger partial charge in [0.1, 0.15) is 0 Å². The average molecular weight is 270 g/mol. The Morgan fingerprint density at radius 3 is 2.50 bits per heavy atom. The first kappa shape index (κ1) is 14.6. The van der Waals surface area contributed by atoms with Gasteiger partial charge in [0.2, 0.25) is 0 Å². The van der Waals surface area contributed by atoms with Gasteiger partial charge in [0.25, 0.3) is 0 Å². The second kappa shape index (κ2) is 7.12. The van der Waals surface area contributed by atoms with Gasteiger partial charge in [-0.1, -0.05) is 6.07 Å². The summed E-state index contributed by atoms with van der Waals surface area (Å²) in [7, 11) is 2.10. The van der Waals surface area contributed by atoms with Crippen LogP contribution >= 0.6 is 0 Å². The average Bonchev–Trinajstić information content (AvgIpc) is 2.47. The van der Waals surface area contributed by atoms with Crippen LogP contribution in [0.4, 0.5) is 0 Å². The van der Waals surface area contributed by atoms with Crippen LogP contribution in [0.2, 0.25) is 0 Å². The fraction of sp³-hybridized carbons (Fsp3) is 0.375. The van der Waals surface area contributed by atoms with Crippen molar-refractivity contribution in [1.29, 1.82) is 0 Å². The van der Waals surface area contributed by atoms with Crippen LogP contribution in [-0.4, -0.2) is 34.5 Å². The lowest BCUT2D eigenvalue weighted by Gasteiger charge is -2.30. The van der Waals surface area contributed by atoms with E-state index in [4.69, 9.17) is 5.73 Å². The first-order valence-electron chi connectivity index (χ1n) is 6.94. The van der Waals surface area contributed by atoms with Crippen LogP contribution in [0.1, 0.15) is 24.2 Å². The smallest absolute Gasteiger partial charge is 0.0668 e. The molecule has 0 bridgehead atoms. The summed E-state index contributed by atoms with van der Waals surface area (Å²) >= 11 is 0. The van der Waals surface area contributed by atoms with Crippen molar-refractivity contribution in [3.8, 4) is 0 Å². The zero-order valence-corrected chi connectivity index (χ0v) is 12.1. The Balaban J connectivity index is 2.03. The zero-order chi connectivity index (χ0) is 14.4. The summed E-state index contributed by atoms with van der Waals surface area (Å²) in [5.41, 5.74) is 8.46. The van der Waals surface area contributed by atoms with Gasteiger partial charge in [-0.05, 0) is 50.2 Å². The summed E-state index contributed by atoms with van der Waals surface area (Å²) < 4.78 is 0. The standard InChI is InChI=1S/C16H22N4/c1-13(17)16(15-5-3-4-9-19-15)20(2)12-8-14-6-10-18-11-7-14/h3-7,9-11,13,16H,8,12,17H2,1-2H3. The van der Waals surface area contributed by atoms with Crippen molar-refractivity contribution in [3.63, 3.8) is 0 Å². The van der Waals surface area contributed by atoms with E-state index < -0.39 is 0 Å². The molecule has 0 radical (unpaired) electrons. The number of nitrogens with zero attached hydrogens (tertiary/aromatic N) is 3. The molecule has 4 heteroatoms. The van der Waals surface area contributed by atoms with Gasteiger partial charge in [0, 0.05) is 31.2 Å². The van der Waals surface area contributed by atoms with E-state index in [2.05, 4.69) is 34.0 Å². The summed E-state index contributed by atoms with van der Waals surface area (Å²) in [6.07, 6.45) is 6.46. The van der Waals surface area contributed by atoms with Crippen LogP contribution < -0.4 is 5.73 Å². The molecule has 0 spiro atoms. The third kappa shape index (κ3) is 3.85. The monoisotopic (exact) mass is 270 g/mol. The van der Waals surface area contributed by atoms with Crippen molar-refractivity contribution in [2.24, 2.45) is 5.73 Å². The molecule has 2 atom stereocenters. The normalized spacial score (nSPS) is 14.2. The molecule has 2 unspecified atom stereocenters. The summed E-state index contributed by atoms with van der Waals surface area (Å²) in [6.45, 7) is 2.97. The summed E-state index contributed by atoms with van der Waals surface area (Å²) in [5.74, 6) is 0. The molecule has 2 aromatic rings. The number of rotatable bonds is 6. The molecule has 4 nitrogen and oxygen atoms in total.